The smallest absolute Gasteiger partial charge is 0.194 e. The summed E-state index contributed by atoms with van der Waals surface area (Å²) in [5, 5.41) is 8.46. The summed E-state index contributed by atoms with van der Waals surface area (Å²) in [5.41, 5.74) is 0. The summed E-state index contributed by atoms with van der Waals surface area (Å²) >= 11 is 0. The largest absolute Gasteiger partial charge is 0.341 e. The molecule has 0 radical (unpaired) electrons. The van der Waals surface area contributed by atoms with E-state index in [1.807, 2.05) is 0 Å². The average molecular weight is 267 g/mol. The molecule has 0 amide bonds. The van der Waals surface area contributed by atoms with Gasteiger partial charge in [-0.3, -0.25) is 5.41 Å². The Morgan fingerprint density at radius 1 is 1.21 bits per heavy atom. The summed E-state index contributed by atoms with van der Waals surface area (Å²) < 4.78 is 0. The molecular weight excluding hydrogens is 234 g/mol. The molecule has 2 unspecified atom stereocenters. The minimum Gasteiger partial charge on any atom is -0.341 e. The van der Waals surface area contributed by atoms with Gasteiger partial charge in [0.2, 0.25) is 0 Å². The fraction of sp³-hybridized carbons (Fsp3) is 0.938. The van der Waals surface area contributed by atoms with Crippen LogP contribution >= 0.6 is 0 Å². The second kappa shape index (κ2) is 7.76. The first-order valence-electron chi connectivity index (χ1n) is 8.15. The molecule has 1 aliphatic heterocycles. The molecule has 1 aliphatic rings. The standard InChI is InChI=1S/C16H33N3/c1-6-9-10-18-12-15(14(5)8-3)19(16(18)17)11-13(4)7-2/h13-15,17H,6-12H2,1-5H3/t13?,14?,15-/m1/s1. The van der Waals surface area contributed by atoms with E-state index in [9.17, 15) is 0 Å². The molecule has 0 aromatic carbocycles. The quantitative estimate of drug-likeness (QED) is 0.725. The van der Waals surface area contributed by atoms with Crippen LogP contribution in [0.5, 0.6) is 0 Å². The first-order chi connectivity index (χ1) is 9.04. The predicted molar refractivity (Wildman–Crippen MR) is 83.6 cm³/mol. The zero-order valence-corrected chi connectivity index (χ0v) is 13.6. The summed E-state index contributed by atoms with van der Waals surface area (Å²) in [6.45, 7) is 14.5. The van der Waals surface area contributed by atoms with Crippen LogP contribution in [0.15, 0.2) is 0 Å². The Labute approximate surface area is 119 Å². The third-order valence-electron chi connectivity index (χ3n) is 4.67. The van der Waals surface area contributed by atoms with Crippen molar-refractivity contribution in [2.75, 3.05) is 19.6 Å². The van der Waals surface area contributed by atoms with Gasteiger partial charge in [0.1, 0.15) is 0 Å². The molecule has 0 bridgehead atoms. The number of guanidine groups is 1. The Hall–Kier alpha value is -0.730. The Kier molecular flexibility index (Phi) is 6.67. The van der Waals surface area contributed by atoms with Crippen LogP contribution in [0.1, 0.15) is 60.3 Å². The molecule has 0 spiro atoms. The molecule has 0 saturated carbocycles. The summed E-state index contributed by atoms with van der Waals surface area (Å²) in [6, 6.07) is 0.545. The number of hydrogen-bond acceptors (Lipinski definition) is 1. The lowest BCUT2D eigenvalue weighted by Gasteiger charge is -2.31. The van der Waals surface area contributed by atoms with E-state index in [0.717, 1.165) is 25.6 Å². The van der Waals surface area contributed by atoms with Gasteiger partial charge in [-0.2, -0.15) is 0 Å². The van der Waals surface area contributed by atoms with E-state index in [1.54, 1.807) is 0 Å². The van der Waals surface area contributed by atoms with Crippen molar-refractivity contribution in [2.45, 2.75) is 66.3 Å². The van der Waals surface area contributed by atoms with Gasteiger partial charge in [-0.1, -0.05) is 53.9 Å². The van der Waals surface area contributed by atoms with Crippen LogP contribution < -0.4 is 0 Å². The van der Waals surface area contributed by atoms with Gasteiger partial charge >= 0.3 is 0 Å². The van der Waals surface area contributed by atoms with Gasteiger partial charge in [-0.05, 0) is 18.3 Å². The van der Waals surface area contributed by atoms with E-state index >= 15 is 0 Å². The second-order valence-electron chi connectivity index (χ2n) is 6.24. The van der Waals surface area contributed by atoms with Gasteiger partial charge in [-0.25, -0.2) is 0 Å². The van der Waals surface area contributed by atoms with Crippen LogP contribution in [0.3, 0.4) is 0 Å². The number of rotatable bonds is 8. The average Bonchev–Trinajstić information content (AvgIpc) is 2.72. The van der Waals surface area contributed by atoms with Crippen molar-refractivity contribution in [3.8, 4) is 0 Å². The number of nitrogens with zero attached hydrogens (tertiary/aromatic N) is 2. The van der Waals surface area contributed by atoms with Gasteiger partial charge < -0.3 is 9.80 Å². The SMILES string of the molecule is CCCCN1C[C@H](C(C)CC)N(CC(C)CC)C1=N. The van der Waals surface area contributed by atoms with E-state index in [0.29, 0.717) is 17.9 Å². The highest BCUT2D eigenvalue weighted by molar-refractivity contribution is 5.79. The summed E-state index contributed by atoms with van der Waals surface area (Å²) in [4.78, 5) is 4.67. The molecule has 1 saturated heterocycles. The first kappa shape index (κ1) is 16.3. The molecule has 0 aromatic heterocycles. The van der Waals surface area contributed by atoms with Crippen LogP contribution in [0.2, 0.25) is 0 Å². The zero-order chi connectivity index (χ0) is 14.4. The highest BCUT2D eigenvalue weighted by Crippen LogP contribution is 2.25. The van der Waals surface area contributed by atoms with E-state index < -0.39 is 0 Å². The molecule has 3 atom stereocenters. The minimum absolute atomic E-state index is 0.545. The van der Waals surface area contributed by atoms with Crippen molar-refractivity contribution in [3.63, 3.8) is 0 Å². The molecule has 0 aliphatic carbocycles. The Morgan fingerprint density at radius 2 is 1.89 bits per heavy atom. The Balaban J connectivity index is 2.73. The fourth-order valence-corrected chi connectivity index (χ4v) is 2.74. The van der Waals surface area contributed by atoms with Gasteiger partial charge in [-0.15, -0.1) is 0 Å². The molecule has 3 nitrogen and oxygen atoms in total. The fourth-order valence-electron chi connectivity index (χ4n) is 2.74. The monoisotopic (exact) mass is 267 g/mol. The molecule has 112 valence electrons. The summed E-state index contributed by atoms with van der Waals surface area (Å²) in [5.74, 6) is 2.13. The molecule has 1 fully saturated rings. The number of hydrogen-bond donors (Lipinski definition) is 1. The van der Waals surface area contributed by atoms with Crippen molar-refractivity contribution < 1.29 is 0 Å². The van der Waals surface area contributed by atoms with Crippen molar-refractivity contribution in [1.82, 2.24) is 9.80 Å². The lowest BCUT2D eigenvalue weighted by atomic mass is 9.97. The molecule has 19 heavy (non-hydrogen) atoms. The van der Waals surface area contributed by atoms with Crippen LogP contribution in [0, 0.1) is 17.2 Å². The Morgan fingerprint density at radius 3 is 2.42 bits per heavy atom. The maximum absolute atomic E-state index is 8.46. The van der Waals surface area contributed by atoms with E-state index in [1.165, 1.54) is 25.7 Å². The zero-order valence-electron chi connectivity index (χ0n) is 13.6. The third kappa shape index (κ3) is 4.12. The molecule has 0 aromatic rings. The lowest BCUT2D eigenvalue weighted by molar-refractivity contribution is 0.230. The highest BCUT2D eigenvalue weighted by atomic mass is 15.4. The van der Waals surface area contributed by atoms with Crippen molar-refractivity contribution in [2.24, 2.45) is 11.8 Å². The lowest BCUT2D eigenvalue weighted by Crippen LogP contribution is -2.41. The van der Waals surface area contributed by atoms with Crippen LogP contribution in [0.25, 0.3) is 0 Å². The first-order valence-corrected chi connectivity index (χ1v) is 8.15. The second-order valence-corrected chi connectivity index (χ2v) is 6.24. The molecular formula is C16H33N3. The van der Waals surface area contributed by atoms with Crippen molar-refractivity contribution >= 4 is 5.96 Å². The minimum atomic E-state index is 0.545. The van der Waals surface area contributed by atoms with Crippen LogP contribution in [-0.4, -0.2) is 41.4 Å². The van der Waals surface area contributed by atoms with E-state index in [-0.39, 0.29) is 0 Å². The maximum Gasteiger partial charge on any atom is 0.194 e. The van der Waals surface area contributed by atoms with Gasteiger partial charge in [0.25, 0.3) is 0 Å². The summed E-state index contributed by atoms with van der Waals surface area (Å²) in [6.07, 6.45) is 4.82. The molecule has 1 rings (SSSR count). The highest BCUT2D eigenvalue weighted by Gasteiger charge is 2.36. The molecule has 1 heterocycles. The number of unbranched alkanes of at least 4 members (excludes halogenated alkanes) is 1. The third-order valence-corrected chi connectivity index (χ3v) is 4.67. The summed E-state index contributed by atoms with van der Waals surface area (Å²) in [7, 11) is 0. The van der Waals surface area contributed by atoms with Crippen molar-refractivity contribution in [3.05, 3.63) is 0 Å². The Bertz CT molecular complexity index is 277. The van der Waals surface area contributed by atoms with Crippen LogP contribution in [0.4, 0.5) is 0 Å². The number of nitrogens with one attached hydrogen (secondary N) is 1. The molecule has 3 heteroatoms. The maximum atomic E-state index is 8.46. The van der Waals surface area contributed by atoms with Crippen molar-refractivity contribution in [1.29, 1.82) is 5.41 Å². The normalized spacial score (nSPS) is 23.0. The van der Waals surface area contributed by atoms with E-state index in [2.05, 4.69) is 44.4 Å². The van der Waals surface area contributed by atoms with Gasteiger partial charge in [0.05, 0.1) is 6.04 Å². The predicted octanol–water partition coefficient (Wildman–Crippen LogP) is 3.80. The topological polar surface area (TPSA) is 30.3 Å². The molecule has 1 N–H and O–H groups in total. The van der Waals surface area contributed by atoms with E-state index in [4.69, 9.17) is 5.41 Å². The van der Waals surface area contributed by atoms with Gasteiger partial charge in [0.15, 0.2) is 5.96 Å². The van der Waals surface area contributed by atoms with Gasteiger partial charge in [0, 0.05) is 19.6 Å². The van der Waals surface area contributed by atoms with Crippen LogP contribution in [-0.2, 0) is 0 Å².